The monoisotopic (exact) mass is 389 g/mol. The third-order valence-corrected chi connectivity index (χ3v) is 3.36. The van der Waals surface area contributed by atoms with Crippen LogP contribution in [-0.2, 0) is 21.8 Å². The maximum absolute atomic E-state index is 12.8. The average molecular weight is 390 g/mol. The zero-order chi connectivity index (χ0) is 13.7. The maximum Gasteiger partial charge on any atom is 0.311 e. The van der Waals surface area contributed by atoms with E-state index in [1.807, 2.05) is 22.6 Å². The van der Waals surface area contributed by atoms with Crippen LogP contribution in [0.15, 0.2) is 6.07 Å². The summed E-state index contributed by atoms with van der Waals surface area (Å²) in [5.74, 6) is -0.524. The quantitative estimate of drug-likeness (QED) is 0.440. The molecular formula is C11H11ClF2INO2. The number of hydrogen-bond donors (Lipinski definition) is 0. The van der Waals surface area contributed by atoms with Crippen LogP contribution >= 0.6 is 34.2 Å². The van der Waals surface area contributed by atoms with Gasteiger partial charge in [0.2, 0.25) is 0 Å². The SMILES string of the molecule is CCOC(=O)Cc1cc(I)c(CCl)c(C(F)F)n1. The molecule has 1 rings (SSSR count). The number of ether oxygens (including phenoxy) is 1. The number of nitrogens with zero attached hydrogens (tertiary/aromatic N) is 1. The maximum atomic E-state index is 12.8. The van der Waals surface area contributed by atoms with Gasteiger partial charge < -0.3 is 4.74 Å². The van der Waals surface area contributed by atoms with Gasteiger partial charge in [-0.25, -0.2) is 8.78 Å². The lowest BCUT2D eigenvalue weighted by Gasteiger charge is -2.10. The molecule has 0 atom stereocenters. The number of aromatic nitrogens is 1. The lowest BCUT2D eigenvalue weighted by molar-refractivity contribution is -0.142. The number of rotatable bonds is 5. The molecule has 0 aliphatic rings. The minimum absolute atomic E-state index is 0.0371. The zero-order valence-corrected chi connectivity index (χ0v) is 12.5. The second-order valence-electron chi connectivity index (χ2n) is 3.38. The number of carbonyl (C=O) groups excluding carboxylic acids is 1. The second-order valence-corrected chi connectivity index (χ2v) is 4.80. The van der Waals surface area contributed by atoms with E-state index in [2.05, 4.69) is 4.98 Å². The summed E-state index contributed by atoms with van der Waals surface area (Å²) in [7, 11) is 0. The number of hydrogen-bond acceptors (Lipinski definition) is 3. The van der Waals surface area contributed by atoms with E-state index in [4.69, 9.17) is 16.3 Å². The summed E-state index contributed by atoms with van der Waals surface area (Å²) in [6.07, 6.45) is -2.83. The summed E-state index contributed by atoms with van der Waals surface area (Å²) in [5.41, 5.74) is 0.207. The molecule has 7 heteroatoms. The number of pyridine rings is 1. The van der Waals surface area contributed by atoms with Crippen LogP contribution in [0.2, 0.25) is 0 Å². The highest BCUT2D eigenvalue weighted by molar-refractivity contribution is 14.1. The first-order valence-electron chi connectivity index (χ1n) is 5.17. The van der Waals surface area contributed by atoms with Gasteiger partial charge in [-0.1, -0.05) is 0 Å². The van der Waals surface area contributed by atoms with Crippen LogP contribution in [0.5, 0.6) is 0 Å². The van der Waals surface area contributed by atoms with Crippen molar-refractivity contribution in [2.24, 2.45) is 0 Å². The van der Waals surface area contributed by atoms with Crippen molar-refractivity contribution >= 4 is 40.2 Å². The molecule has 0 spiro atoms. The van der Waals surface area contributed by atoms with Gasteiger partial charge in [0.15, 0.2) is 0 Å². The van der Waals surface area contributed by atoms with E-state index in [1.165, 1.54) is 0 Å². The highest BCUT2D eigenvalue weighted by Crippen LogP contribution is 2.27. The van der Waals surface area contributed by atoms with E-state index in [1.54, 1.807) is 13.0 Å². The first kappa shape index (κ1) is 15.6. The molecule has 1 heterocycles. The smallest absolute Gasteiger partial charge is 0.311 e. The highest BCUT2D eigenvalue weighted by atomic mass is 127. The molecule has 100 valence electrons. The van der Waals surface area contributed by atoms with Gasteiger partial charge in [-0.2, -0.15) is 0 Å². The predicted molar refractivity (Wildman–Crippen MR) is 71.8 cm³/mol. The standard InChI is InChI=1S/C11H11ClF2INO2/c1-2-18-9(17)4-6-3-8(15)7(5-12)10(16-6)11(13)14/h3,11H,2,4-5H2,1H3. The summed E-state index contributed by atoms with van der Waals surface area (Å²) in [4.78, 5) is 15.1. The molecule has 0 radical (unpaired) electrons. The molecule has 1 aromatic heterocycles. The molecule has 0 aliphatic heterocycles. The molecular weight excluding hydrogens is 378 g/mol. The van der Waals surface area contributed by atoms with Gasteiger partial charge >= 0.3 is 5.97 Å². The predicted octanol–water partition coefficient (Wildman–Crippen LogP) is 3.47. The zero-order valence-electron chi connectivity index (χ0n) is 9.55. The van der Waals surface area contributed by atoms with Crippen molar-refractivity contribution in [1.82, 2.24) is 4.98 Å². The summed E-state index contributed by atoms with van der Waals surface area (Å²) in [5, 5.41) is 0. The fraction of sp³-hybridized carbons (Fsp3) is 0.455. The third kappa shape index (κ3) is 4.01. The van der Waals surface area contributed by atoms with Gasteiger partial charge in [-0.05, 0) is 35.6 Å². The van der Waals surface area contributed by atoms with Crippen molar-refractivity contribution in [2.45, 2.75) is 25.7 Å². The van der Waals surface area contributed by atoms with E-state index in [9.17, 15) is 13.6 Å². The molecule has 0 N–H and O–H groups in total. The van der Waals surface area contributed by atoms with Gasteiger partial charge in [-0.15, -0.1) is 11.6 Å². The van der Waals surface area contributed by atoms with Crippen molar-refractivity contribution < 1.29 is 18.3 Å². The molecule has 0 bridgehead atoms. The molecule has 0 unspecified atom stereocenters. The van der Waals surface area contributed by atoms with E-state index >= 15 is 0 Å². The Balaban J connectivity index is 3.05. The minimum Gasteiger partial charge on any atom is -0.466 e. The van der Waals surface area contributed by atoms with Crippen LogP contribution in [0, 0.1) is 3.57 Å². The highest BCUT2D eigenvalue weighted by Gasteiger charge is 2.19. The number of esters is 1. The van der Waals surface area contributed by atoms with Crippen LogP contribution < -0.4 is 0 Å². The Morgan fingerprint density at radius 3 is 2.78 bits per heavy atom. The Morgan fingerprint density at radius 2 is 2.28 bits per heavy atom. The summed E-state index contributed by atoms with van der Waals surface area (Å²) in [6, 6.07) is 1.57. The average Bonchev–Trinajstić information content (AvgIpc) is 2.28. The van der Waals surface area contributed by atoms with Gasteiger partial charge in [0.05, 0.1) is 24.6 Å². The van der Waals surface area contributed by atoms with E-state index in [-0.39, 0.29) is 30.3 Å². The topological polar surface area (TPSA) is 39.2 Å². The normalized spacial score (nSPS) is 10.8. The van der Waals surface area contributed by atoms with Crippen LogP contribution in [0.3, 0.4) is 0 Å². The minimum atomic E-state index is -2.71. The fourth-order valence-corrected chi connectivity index (χ4v) is 2.71. The van der Waals surface area contributed by atoms with Crippen LogP contribution in [0.25, 0.3) is 0 Å². The van der Waals surface area contributed by atoms with Crippen LogP contribution in [0.4, 0.5) is 8.78 Å². The lowest BCUT2D eigenvalue weighted by Crippen LogP contribution is -2.11. The largest absolute Gasteiger partial charge is 0.466 e. The first-order valence-corrected chi connectivity index (χ1v) is 6.78. The third-order valence-electron chi connectivity index (χ3n) is 2.13. The molecule has 1 aromatic rings. The van der Waals surface area contributed by atoms with Crippen molar-refractivity contribution in [3.05, 3.63) is 26.6 Å². The molecule has 0 aliphatic carbocycles. The molecule has 18 heavy (non-hydrogen) atoms. The van der Waals surface area contributed by atoms with Crippen molar-refractivity contribution in [3.8, 4) is 0 Å². The van der Waals surface area contributed by atoms with Gasteiger partial charge in [0, 0.05) is 9.13 Å². The van der Waals surface area contributed by atoms with Crippen molar-refractivity contribution in [2.75, 3.05) is 6.61 Å². The number of alkyl halides is 3. The molecule has 0 saturated heterocycles. The van der Waals surface area contributed by atoms with Gasteiger partial charge in [-0.3, -0.25) is 9.78 Å². The molecule has 0 saturated carbocycles. The Morgan fingerprint density at radius 1 is 1.61 bits per heavy atom. The first-order chi connectivity index (χ1) is 8.49. The van der Waals surface area contributed by atoms with Gasteiger partial charge in [0.25, 0.3) is 6.43 Å². The number of halogens is 4. The Bertz CT molecular complexity index is 443. The Kier molecular flexibility index (Phi) is 6.20. The fourth-order valence-electron chi connectivity index (χ4n) is 1.37. The van der Waals surface area contributed by atoms with E-state index < -0.39 is 12.4 Å². The molecule has 3 nitrogen and oxygen atoms in total. The summed E-state index contributed by atoms with van der Waals surface area (Å²) >= 11 is 7.52. The van der Waals surface area contributed by atoms with Crippen LogP contribution in [-0.4, -0.2) is 17.6 Å². The van der Waals surface area contributed by atoms with Gasteiger partial charge in [0.1, 0.15) is 5.69 Å². The number of carbonyl (C=O) groups is 1. The van der Waals surface area contributed by atoms with Crippen molar-refractivity contribution in [3.63, 3.8) is 0 Å². The molecule has 0 amide bonds. The molecule has 0 aromatic carbocycles. The molecule has 0 fully saturated rings. The summed E-state index contributed by atoms with van der Waals surface area (Å²) < 4.78 is 31.0. The Labute approximate surface area is 122 Å². The Hall–Kier alpha value is -0.500. The summed E-state index contributed by atoms with van der Waals surface area (Å²) in [6.45, 7) is 1.92. The second kappa shape index (κ2) is 7.18. The van der Waals surface area contributed by atoms with Crippen LogP contribution in [0.1, 0.15) is 30.3 Å². The lowest BCUT2D eigenvalue weighted by atomic mass is 10.1. The van der Waals surface area contributed by atoms with E-state index in [0.717, 1.165) is 0 Å². The van der Waals surface area contributed by atoms with Crippen molar-refractivity contribution in [1.29, 1.82) is 0 Å². The van der Waals surface area contributed by atoms with E-state index in [0.29, 0.717) is 9.13 Å².